The van der Waals surface area contributed by atoms with Crippen molar-refractivity contribution in [2.75, 3.05) is 5.73 Å². The van der Waals surface area contributed by atoms with Gasteiger partial charge in [0.15, 0.2) is 5.00 Å². The van der Waals surface area contributed by atoms with Crippen LogP contribution in [0.1, 0.15) is 6.92 Å². The van der Waals surface area contributed by atoms with E-state index in [2.05, 4.69) is 14.3 Å². The van der Waals surface area contributed by atoms with Crippen molar-refractivity contribution in [2.24, 2.45) is 0 Å². The van der Waals surface area contributed by atoms with Crippen molar-refractivity contribution in [2.45, 2.75) is 6.92 Å². The Labute approximate surface area is 61.0 Å². The Morgan fingerprint density at radius 2 is 2.50 bits per heavy atom. The van der Waals surface area contributed by atoms with Gasteiger partial charge in [-0.1, -0.05) is 9.59 Å². The molecule has 0 unspecified atom stereocenters. The average molecular weight is 159 g/mol. The van der Waals surface area contributed by atoms with E-state index >= 15 is 0 Å². The first kappa shape index (κ1) is 6.94. The van der Waals surface area contributed by atoms with E-state index in [1.54, 1.807) is 0 Å². The number of ether oxygens (including phenoxy) is 1. The fourth-order valence-corrected chi connectivity index (χ4v) is 0.760. The average Bonchev–Trinajstić information content (AvgIpc) is 2.15. The molecule has 5 nitrogen and oxygen atoms in total. The van der Waals surface area contributed by atoms with Crippen molar-refractivity contribution in [3.8, 4) is 5.88 Å². The van der Waals surface area contributed by atoms with Crippen LogP contribution in [0.3, 0.4) is 0 Å². The van der Waals surface area contributed by atoms with Crippen LogP contribution >= 0.6 is 11.5 Å². The SMILES string of the molecule is CC(=O)Oc1nnsc1N. The number of nitrogen functional groups attached to an aromatic ring is 1. The molecule has 0 spiro atoms. The summed E-state index contributed by atoms with van der Waals surface area (Å²) in [7, 11) is 0. The molecule has 54 valence electrons. The topological polar surface area (TPSA) is 78.1 Å². The minimum atomic E-state index is -0.445. The number of rotatable bonds is 1. The van der Waals surface area contributed by atoms with Gasteiger partial charge in [-0.05, 0) is 0 Å². The summed E-state index contributed by atoms with van der Waals surface area (Å²) in [5.41, 5.74) is 5.31. The highest BCUT2D eigenvalue weighted by molar-refractivity contribution is 7.10. The van der Waals surface area contributed by atoms with E-state index in [1.807, 2.05) is 0 Å². The van der Waals surface area contributed by atoms with Crippen molar-refractivity contribution >= 4 is 22.5 Å². The number of hydrogen-bond donors (Lipinski definition) is 1. The highest BCUT2D eigenvalue weighted by Gasteiger charge is 2.06. The zero-order valence-electron chi connectivity index (χ0n) is 5.20. The second-order valence-corrected chi connectivity index (χ2v) is 2.32. The molecule has 0 bridgehead atoms. The molecule has 0 aliphatic heterocycles. The van der Waals surface area contributed by atoms with Crippen LogP contribution in [0, 0.1) is 0 Å². The summed E-state index contributed by atoms with van der Waals surface area (Å²) in [6, 6.07) is 0. The Morgan fingerprint density at radius 1 is 1.80 bits per heavy atom. The Hall–Kier alpha value is -1.17. The van der Waals surface area contributed by atoms with Gasteiger partial charge in [0.2, 0.25) is 0 Å². The fraction of sp³-hybridized carbons (Fsp3) is 0.250. The van der Waals surface area contributed by atoms with Gasteiger partial charge in [-0.2, -0.15) is 0 Å². The number of aromatic nitrogens is 2. The first-order valence-electron chi connectivity index (χ1n) is 2.46. The Morgan fingerprint density at radius 3 is 2.90 bits per heavy atom. The van der Waals surface area contributed by atoms with Gasteiger partial charge in [-0.25, -0.2) is 0 Å². The second-order valence-electron chi connectivity index (χ2n) is 1.54. The molecule has 0 atom stereocenters. The predicted molar refractivity (Wildman–Crippen MR) is 35.6 cm³/mol. The van der Waals surface area contributed by atoms with Crippen LogP contribution in [-0.4, -0.2) is 15.6 Å². The smallest absolute Gasteiger partial charge is 0.309 e. The van der Waals surface area contributed by atoms with Gasteiger partial charge in [-0.15, -0.1) is 0 Å². The maximum Gasteiger partial charge on any atom is 0.309 e. The number of nitrogens with zero attached hydrogens (tertiary/aromatic N) is 2. The lowest BCUT2D eigenvalue weighted by Crippen LogP contribution is -2.03. The van der Waals surface area contributed by atoms with Crippen LogP contribution in [0.15, 0.2) is 0 Å². The molecule has 2 N–H and O–H groups in total. The lowest BCUT2D eigenvalue weighted by Gasteiger charge is -1.92. The molecule has 1 aromatic rings. The lowest BCUT2D eigenvalue weighted by atomic mass is 10.7. The largest absolute Gasteiger partial charge is 0.403 e. The van der Waals surface area contributed by atoms with E-state index < -0.39 is 5.97 Å². The molecule has 0 amide bonds. The van der Waals surface area contributed by atoms with Crippen LogP contribution < -0.4 is 10.5 Å². The first-order valence-corrected chi connectivity index (χ1v) is 3.23. The van der Waals surface area contributed by atoms with Crippen molar-refractivity contribution < 1.29 is 9.53 Å². The third-order valence-electron chi connectivity index (χ3n) is 0.722. The summed E-state index contributed by atoms with van der Waals surface area (Å²) in [5, 5.41) is 3.77. The van der Waals surface area contributed by atoms with Gasteiger partial charge in [0.1, 0.15) is 0 Å². The minimum absolute atomic E-state index is 0.0949. The maximum atomic E-state index is 10.3. The molecule has 0 aliphatic rings. The van der Waals surface area contributed by atoms with Crippen molar-refractivity contribution in [1.82, 2.24) is 9.59 Å². The van der Waals surface area contributed by atoms with E-state index in [9.17, 15) is 4.79 Å². The summed E-state index contributed by atoms with van der Waals surface area (Å²) in [6.07, 6.45) is 0. The standard InChI is InChI=1S/C4H5N3O2S/c1-2(8)9-4-3(5)10-7-6-4/h5H2,1H3. The highest BCUT2D eigenvalue weighted by Crippen LogP contribution is 2.20. The van der Waals surface area contributed by atoms with E-state index in [0.717, 1.165) is 11.5 Å². The molecular weight excluding hydrogens is 154 g/mol. The molecule has 10 heavy (non-hydrogen) atoms. The molecular formula is C4H5N3O2S. The summed E-state index contributed by atoms with van der Waals surface area (Å²) in [5.74, 6) is -0.350. The highest BCUT2D eigenvalue weighted by atomic mass is 32.1. The van der Waals surface area contributed by atoms with E-state index in [4.69, 9.17) is 5.73 Å². The van der Waals surface area contributed by atoms with Crippen LogP contribution in [0.4, 0.5) is 5.00 Å². The third kappa shape index (κ3) is 1.41. The van der Waals surface area contributed by atoms with E-state index in [-0.39, 0.29) is 5.88 Å². The fourth-order valence-electron chi connectivity index (χ4n) is 0.397. The molecule has 0 aromatic carbocycles. The molecule has 0 saturated carbocycles. The van der Waals surface area contributed by atoms with Crippen LogP contribution in [0.5, 0.6) is 5.88 Å². The van der Waals surface area contributed by atoms with Crippen molar-refractivity contribution in [3.63, 3.8) is 0 Å². The van der Waals surface area contributed by atoms with Gasteiger partial charge in [0.05, 0.1) is 0 Å². The number of carbonyl (C=O) groups excluding carboxylic acids is 1. The minimum Gasteiger partial charge on any atom is -0.403 e. The summed E-state index contributed by atoms with van der Waals surface area (Å²) < 4.78 is 8.02. The quantitative estimate of drug-likeness (QED) is 0.585. The number of anilines is 1. The predicted octanol–water partition coefficient (Wildman–Crippen LogP) is 0.0456. The number of hydrogen-bond acceptors (Lipinski definition) is 6. The molecule has 0 aliphatic carbocycles. The Balaban J connectivity index is 2.74. The van der Waals surface area contributed by atoms with Gasteiger partial charge in [0, 0.05) is 18.5 Å². The molecule has 0 saturated heterocycles. The Bertz CT molecular complexity index is 246. The molecule has 6 heteroatoms. The van der Waals surface area contributed by atoms with Crippen molar-refractivity contribution in [3.05, 3.63) is 0 Å². The Kier molecular flexibility index (Phi) is 1.81. The monoisotopic (exact) mass is 159 g/mol. The summed E-state index contributed by atoms with van der Waals surface area (Å²) in [6.45, 7) is 1.28. The number of nitrogens with two attached hydrogens (primary N) is 1. The lowest BCUT2D eigenvalue weighted by molar-refractivity contribution is -0.132. The van der Waals surface area contributed by atoms with E-state index in [0.29, 0.717) is 5.00 Å². The zero-order chi connectivity index (χ0) is 7.56. The summed E-state index contributed by atoms with van der Waals surface area (Å²) >= 11 is 0.986. The molecule has 1 aromatic heterocycles. The molecule has 0 fully saturated rings. The summed E-state index contributed by atoms with van der Waals surface area (Å²) in [4.78, 5) is 10.3. The van der Waals surface area contributed by atoms with E-state index in [1.165, 1.54) is 6.92 Å². The van der Waals surface area contributed by atoms with Crippen molar-refractivity contribution in [1.29, 1.82) is 0 Å². The van der Waals surface area contributed by atoms with Gasteiger partial charge in [-0.3, -0.25) is 4.79 Å². The zero-order valence-corrected chi connectivity index (χ0v) is 6.01. The van der Waals surface area contributed by atoms with Crippen LogP contribution in [0.2, 0.25) is 0 Å². The number of esters is 1. The maximum absolute atomic E-state index is 10.3. The van der Waals surface area contributed by atoms with Gasteiger partial charge >= 0.3 is 5.97 Å². The first-order chi connectivity index (χ1) is 4.70. The number of carbonyl (C=O) groups is 1. The van der Waals surface area contributed by atoms with Gasteiger partial charge in [0.25, 0.3) is 5.88 Å². The molecule has 1 heterocycles. The second kappa shape index (κ2) is 2.61. The molecule has 0 radical (unpaired) electrons. The molecule has 1 rings (SSSR count). The third-order valence-corrected chi connectivity index (χ3v) is 1.26. The van der Waals surface area contributed by atoms with Crippen LogP contribution in [0.25, 0.3) is 0 Å². The van der Waals surface area contributed by atoms with Crippen LogP contribution in [-0.2, 0) is 4.79 Å². The van der Waals surface area contributed by atoms with Gasteiger partial charge < -0.3 is 10.5 Å². The normalized spacial score (nSPS) is 9.30.